The summed E-state index contributed by atoms with van der Waals surface area (Å²) in [6.07, 6.45) is 1.98. The van der Waals surface area contributed by atoms with Crippen LogP contribution < -0.4 is 0 Å². The Balaban J connectivity index is 4.98. The summed E-state index contributed by atoms with van der Waals surface area (Å²) in [7, 11) is 0. The maximum absolute atomic E-state index is 11.4. The van der Waals surface area contributed by atoms with Crippen LogP contribution in [0.25, 0.3) is 0 Å². The smallest absolute Gasteiger partial charge is 0.371 e. The quantitative estimate of drug-likeness (QED) is 0.315. The minimum atomic E-state index is -1.64. The Hall–Kier alpha value is -2.11. The summed E-state index contributed by atoms with van der Waals surface area (Å²) in [5.74, 6) is -4.90. The molecule has 0 aliphatic heterocycles. The Morgan fingerprint density at radius 1 is 1.29 bits per heavy atom. The summed E-state index contributed by atoms with van der Waals surface area (Å²) in [5, 5.41) is 17.8. The number of ether oxygens (including phenoxy) is 1. The number of carboxylic acids is 1. The lowest BCUT2D eigenvalue weighted by atomic mass is 10.1. The van der Waals surface area contributed by atoms with Crippen LogP contribution in [0.2, 0.25) is 0 Å². The van der Waals surface area contributed by atoms with Gasteiger partial charge in [-0.2, -0.15) is 0 Å². The molecule has 0 saturated heterocycles. The number of aliphatic carboxylic acids is 1. The maximum Gasteiger partial charge on any atom is 0.371 e. The molecule has 0 fully saturated rings. The molecule has 0 aromatic carbocycles. The van der Waals surface area contributed by atoms with E-state index in [1.807, 2.05) is 6.92 Å². The fourth-order valence-electron chi connectivity index (χ4n) is 0.994. The topological polar surface area (TPSA) is 101 Å². The highest BCUT2D eigenvalue weighted by Gasteiger charge is 2.22. The van der Waals surface area contributed by atoms with Gasteiger partial charge in [-0.1, -0.05) is 19.9 Å². The molecule has 0 unspecified atom stereocenters. The van der Waals surface area contributed by atoms with E-state index in [1.54, 1.807) is 0 Å². The van der Waals surface area contributed by atoms with Gasteiger partial charge in [-0.25, -0.2) is 14.4 Å². The van der Waals surface area contributed by atoms with E-state index in [4.69, 9.17) is 5.11 Å². The van der Waals surface area contributed by atoms with E-state index in [2.05, 4.69) is 11.3 Å². The van der Waals surface area contributed by atoms with E-state index in [-0.39, 0.29) is 6.42 Å². The summed E-state index contributed by atoms with van der Waals surface area (Å²) >= 11 is 0. The molecule has 0 aliphatic carbocycles. The molecule has 0 bridgehead atoms. The van der Waals surface area contributed by atoms with E-state index < -0.39 is 29.2 Å². The Kier molecular flexibility index (Phi) is 6.32. The highest BCUT2D eigenvalue weighted by molar-refractivity contribution is 6.03. The van der Waals surface area contributed by atoms with Crippen molar-refractivity contribution in [3.05, 3.63) is 24.0 Å². The highest BCUT2D eigenvalue weighted by Crippen LogP contribution is 2.13. The van der Waals surface area contributed by atoms with Crippen LogP contribution in [0.4, 0.5) is 0 Å². The number of carboxylic acid groups (broad SMARTS) is 1. The maximum atomic E-state index is 11.4. The monoisotopic (exact) mass is 242 g/mol. The van der Waals surface area contributed by atoms with E-state index in [1.165, 1.54) is 0 Å². The van der Waals surface area contributed by atoms with E-state index in [9.17, 15) is 19.5 Å². The molecule has 0 atom stereocenters. The lowest BCUT2D eigenvalue weighted by Crippen LogP contribution is -2.17. The van der Waals surface area contributed by atoms with Gasteiger partial charge in [-0.3, -0.25) is 0 Å². The first-order chi connectivity index (χ1) is 7.93. The molecule has 0 amide bonds. The average Bonchev–Trinajstić information content (AvgIpc) is 2.28. The lowest BCUT2D eigenvalue weighted by Gasteiger charge is -2.06. The van der Waals surface area contributed by atoms with Crippen molar-refractivity contribution in [1.29, 1.82) is 0 Å². The van der Waals surface area contributed by atoms with Crippen LogP contribution in [-0.4, -0.2) is 28.1 Å². The SMILES string of the molecule is C=CC(=O)OC(=O)/C(CCCC)=C(/O)C(=O)O. The Morgan fingerprint density at radius 3 is 2.29 bits per heavy atom. The zero-order valence-corrected chi connectivity index (χ0v) is 9.43. The molecule has 0 rings (SSSR count). The molecule has 0 saturated carbocycles. The first-order valence-electron chi connectivity index (χ1n) is 4.98. The Bertz CT molecular complexity index is 366. The van der Waals surface area contributed by atoms with Crippen molar-refractivity contribution in [2.75, 3.05) is 0 Å². The first-order valence-corrected chi connectivity index (χ1v) is 4.98. The third-order valence-electron chi connectivity index (χ3n) is 1.88. The number of hydrogen-bond donors (Lipinski definition) is 2. The number of aliphatic hydroxyl groups is 1. The second kappa shape index (κ2) is 7.21. The van der Waals surface area contributed by atoms with Crippen LogP contribution in [0, 0.1) is 0 Å². The Morgan fingerprint density at radius 2 is 1.88 bits per heavy atom. The van der Waals surface area contributed by atoms with Crippen LogP contribution >= 0.6 is 0 Å². The molecule has 0 aromatic heterocycles. The second-order valence-electron chi connectivity index (χ2n) is 3.15. The summed E-state index contributed by atoms with van der Waals surface area (Å²) in [5.41, 5.74) is -0.422. The zero-order chi connectivity index (χ0) is 13.4. The number of esters is 2. The summed E-state index contributed by atoms with van der Waals surface area (Å²) in [6, 6.07) is 0. The van der Waals surface area contributed by atoms with Crippen LogP contribution in [0.1, 0.15) is 26.2 Å². The number of rotatable bonds is 6. The number of unbranched alkanes of at least 4 members (excludes halogenated alkanes) is 1. The molecule has 0 aliphatic rings. The number of aliphatic hydroxyl groups excluding tert-OH is 1. The van der Waals surface area contributed by atoms with Gasteiger partial charge < -0.3 is 14.9 Å². The van der Waals surface area contributed by atoms with Crippen LogP contribution in [-0.2, 0) is 19.1 Å². The normalized spacial score (nSPS) is 11.4. The number of hydrogen-bond acceptors (Lipinski definition) is 5. The highest BCUT2D eigenvalue weighted by atomic mass is 16.6. The molecule has 0 heterocycles. The fourth-order valence-corrected chi connectivity index (χ4v) is 0.994. The van der Waals surface area contributed by atoms with Gasteiger partial charge in [-0.15, -0.1) is 0 Å². The van der Waals surface area contributed by atoms with Crippen molar-refractivity contribution >= 4 is 17.9 Å². The predicted octanol–water partition coefficient (Wildman–Crippen LogP) is 1.33. The van der Waals surface area contributed by atoms with Crippen molar-refractivity contribution in [2.24, 2.45) is 0 Å². The minimum Gasteiger partial charge on any atom is -0.501 e. The van der Waals surface area contributed by atoms with E-state index in [0.29, 0.717) is 12.8 Å². The van der Waals surface area contributed by atoms with Crippen molar-refractivity contribution in [3.8, 4) is 0 Å². The first kappa shape index (κ1) is 14.9. The van der Waals surface area contributed by atoms with Gasteiger partial charge in [0.15, 0.2) is 0 Å². The van der Waals surface area contributed by atoms with Crippen LogP contribution in [0.15, 0.2) is 24.0 Å². The van der Waals surface area contributed by atoms with Crippen molar-refractivity contribution < 1.29 is 29.3 Å². The second-order valence-corrected chi connectivity index (χ2v) is 3.15. The molecule has 0 aromatic rings. The van der Waals surface area contributed by atoms with Crippen LogP contribution in [0.3, 0.4) is 0 Å². The minimum absolute atomic E-state index is 0.0257. The fraction of sp³-hybridized carbons (Fsp3) is 0.364. The lowest BCUT2D eigenvalue weighted by molar-refractivity contribution is -0.154. The van der Waals surface area contributed by atoms with E-state index >= 15 is 0 Å². The third kappa shape index (κ3) is 4.96. The van der Waals surface area contributed by atoms with Gasteiger partial charge in [0.1, 0.15) is 0 Å². The molecular weight excluding hydrogens is 228 g/mol. The van der Waals surface area contributed by atoms with E-state index in [0.717, 1.165) is 6.08 Å². The molecule has 17 heavy (non-hydrogen) atoms. The summed E-state index contributed by atoms with van der Waals surface area (Å²) in [4.78, 5) is 32.7. The zero-order valence-electron chi connectivity index (χ0n) is 9.43. The van der Waals surface area contributed by atoms with Gasteiger partial charge >= 0.3 is 17.9 Å². The van der Waals surface area contributed by atoms with Crippen LogP contribution in [0.5, 0.6) is 0 Å². The molecule has 94 valence electrons. The van der Waals surface area contributed by atoms with Gasteiger partial charge in [0.25, 0.3) is 0 Å². The molecule has 6 heteroatoms. The predicted molar refractivity (Wildman–Crippen MR) is 58.1 cm³/mol. The molecule has 0 spiro atoms. The largest absolute Gasteiger partial charge is 0.501 e. The summed E-state index contributed by atoms with van der Waals surface area (Å²) in [6.45, 7) is 4.92. The van der Waals surface area contributed by atoms with Crippen molar-refractivity contribution in [3.63, 3.8) is 0 Å². The molecular formula is C11H14O6. The average molecular weight is 242 g/mol. The molecule has 2 N–H and O–H groups in total. The van der Waals surface area contributed by atoms with Crippen molar-refractivity contribution in [2.45, 2.75) is 26.2 Å². The Labute approximate surface area is 98.2 Å². The summed E-state index contributed by atoms with van der Waals surface area (Å²) < 4.78 is 4.25. The van der Waals surface area contributed by atoms with Gasteiger partial charge in [0.2, 0.25) is 5.76 Å². The van der Waals surface area contributed by atoms with Gasteiger partial charge in [0, 0.05) is 6.08 Å². The number of carbonyl (C=O) groups excluding carboxylic acids is 2. The third-order valence-corrected chi connectivity index (χ3v) is 1.88. The van der Waals surface area contributed by atoms with Gasteiger partial charge in [0.05, 0.1) is 5.57 Å². The molecule has 6 nitrogen and oxygen atoms in total. The number of carbonyl (C=O) groups is 3. The standard InChI is InChI=1S/C11H14O6/c1-3-5-6-7(9(13)10(14)15)11(16)17-8(12)4-2/h4,13H,2-3,5-6H2,1H3,(H,14,15)/b9-7+. The van der Waals surface area contributed by atoms with Crippen molar-refractivity contribution in [1.82, 2.24) is 0 Å². The van der Waals surface area contributed by atoms with Gasteiger partial charge in [-0.05, 0) is 12.8 Å². The molecule has 0 radical (unpaired) electrons.